The minimum absolute atomic E-state index is 0.521. The predicted octanol–water partition coefficient (Wildman–Crippen LogP) is 4.64. The monoisotopic (exact) mass is 323 g/mol. The van der Waals surface area contributed by atoms with Crippen LogP contribution in [0.15, 0.2) is 36.5 Å². The molecule has 0 atom stereocenters. The summed E-state index contributed by atoms with van der Waals surface area (Å²) < 4.78 is 2.68. The first-order valence-corrected chi connectivity index (χ1v) is 7.29. The van der Waals surface area contributed by atoms with Crippen LogP contribution in [0.4, 0.5) is 0 Å². The molecule has 0 saturated carbocycles. The van der Waals surface area contributed by atoms with E-state index in [1.807, 2.05) is 28.8 Å². The number of H-pyrrole nitrogens is 1. The van der Waals surface area contributed by atoms with E-state index < -0.39 is 0 Å². The van der Waals surface area contributed by atoms with E-state index in [9.17, 15) is 0 Å². The summed E-state index contributed by atoms with van der Waals surface area (Å²) in [6, 6.07) is 9.52. The number of halogens is 2. The van der Waals surface area contributed by atoms with Gasteiger partial charge in [-0.1, -0.05) is 29.3 Å². The fourth-order valence-corrected chi connectivity index (χ4v) is 2.77. The molecule has 102 valence electrons. The van der Waals surface area contributed by atoms with Gasteiger partial charge in [-0.3, -0.25) is 4.98 Å². The first kappa shape index (κ1) is 13.6. The first-order chi connectivity index (χ1) is 9.65. The van der Waals surface area contributed by atoms with Gasteiger partial charge in [-0.2, -0.15) is 0 Å². The Morgan fingerprint density at radius 3 is 2.75 bits per heavy atom. The molecule has 0 bridgehead atoms. The van der Waals surface area contributed by atoms with Crippen LogP contribution in [-0.4, -0.2) is 14.5 Å². The van der Waals surface area contributed by atoms with Gasteiger partial charge in [0.05, 0.1) is 21.1 Å². The number of aromatic amines is 1. The Kier molecular flexibility index (Phi) is 3.78. The van der Waals surface area contributed by atoms with E-state index in [4.69, 9.17) is 35.4 Å². The van der Waals surface area contributed by atoms with Crippen molar-refractivity contribution in [3.63, 3.8) is 0 Å². The molecule has 1 aromatic carbocycles. The van der Waals surface area contributed by atoms with Crippen LogP contribution in [0, 0.1) is 4.77 Å². The molecule has 3 rings (SSSR count). The van der Waals surface area contributed by atoms with Crippen LogP contribution >= 0.6 is 35.4 Å². The van der Waals surface area contributed by atoms with E-state index in [2.05, 4.69) is 9.97 Å². The van der Waals surface area contributed by atoms with Gasteiger partial charge >= 0.3 is 0 Å². The average Bonchev–Trinajstić information content (AvgIpc) is 2.73. The van der Waals surface area contributed by atoms with E-state index in [-0.39, 0.29) is 0 Å². The standard InChI is InChI=1S/C14H11Cl2N3S/c15-10-7-12-13(8-11(10)16)19(14(20)18-12)6-4-9-3-1-2-5-17-9/h1-3,5,7-8H,4,6H2,(H,18,20). The van der Waals surface area contributed by atoms with E-state index in [0.717, 1.165) is 29.7 Å². The number of nitrogens with one attached hydrogen (secondary N) is 1. The molecule has 0 aliphatic rings. The zero-order valence-electron chi connectivity index (χ0n) is 10.4. The van der Waals surface area contributed by atoms with Gasteiger partial charge in [0.2, 0.25) is 0 Å². The molecule has 0 aliphatic carbocycles. The molecular formula is C14H11Cl2N3S. The van der Waals surface area contributed by atoms with Crippen molar-refractivity contribution in [2.24, 2.45) is 0 Å². The van der Waals surface area contributed by atoms with Crippen molar-refractivity contribution in [3.05, 3.63) is 57.0 Å². The number of aryl methyl sites for hydroxylation is 2. The van der Waals surface area contributed by atoms with E-state index in [0.29, 0.717) is 14.8 Å². The fraction of sp³-hybridized carbons (Fsp3) is 0.143. The summed E-state index contributed by atoms with van der Waals surface area (Å²) in [6.07, 6.45) is 2.60. The topological polar surface area (TPSA) is 33.6 Å². The molecule has 6 heteroatoms. The van der Waals surface area contributed by atoms with Crippen LogP contribution in [-0.2, 0) is 13.0 Å². The van der Waals surface area contributed by atoms with Crippen molar-refractivity contribution in [3.8, 4) is 0 Å². The van der Waals surface area contributed by atoms with Gasteiger partial charge in [0, 0.05) is 24.9 Å². The van der Waals surface area contributed by atoms with Crippen LogP contribution in [0.1, 0.15) is 5.69 Å². The molecule has 20 heavy (non-hydrogen) atoms. The summed E-state index contributed by atoms with van der Waals surface area (Å²) in [5, 5.41) is 1.05. The maximum Gasteiger partial charge on any atom is 0.178 e. The van der Waals surface area contributed by atoms with Crippen LogP contribution in [0.2, 0.25) is 10.0 Å². The van der Waals surface area contributed by atoms with E-state index in [1.54, 1.807) is 12.3 Å². The number of hydrogen-bond donors (Lipinski definition) is 1. The molecule has 3 nitrogen and oxygen atoms in total. The summed E-state index contributed by atoms with van der Waals surface area (Å²) in [7, 11) is 0. The van der Waals surface area contributed by atoms with Crippen molar-refractivity contribution < 1.29 is 0 Å². The molecule has 0 unspecified atom stereocenters. The third kappa shape index (κ3) is 2.59. The quantitative estimate of drug-likeness (QED) is 0.712. The van der Waals surface area contributed by atoms with Crippen molar-refractivity contribution >= 4 is 46.5 Å². The lowest BCUT2D eigenvalue weighted by Gasteiger charge is -2.05. The maximum atomic E-state index is 6.08. The maximum absolute atomic E-state index is 6.08. The smallest absolute Gasteiger partial charge is 0.178 e. The molecule has 2 heterocycles. The third-order valence-electron chi connectivity index (χ3n) is 3.13. The highest BCUT2D eigenvalue weighted by Gasteiger charge is 2.08. The van der Waals surface area contributed by atoms with Crippen LogP contribution < -0.4 is 0 Å². The number of rotatable bonds is 3. The lowest BCUT2D eigenvalue weighted by Crippen LogP contribution is -2.02. The highest BCUT2D eigenvalue weighted by Crippen LogP contribution is 2.27. The van der Waals surface area contributed by atoms with Gasteiger partial charge < -0.3 is 9.55 Å². The largest absolute Gasteiger partial charge is 0.331 e. The number of imidazole rings is 1. The number of benzene rings is 1. The van der Waals surface area contributed by atoms with Gasteiger partial charge in [-0.25, -0.2) is 0 Å². The summed E-state index contributed by atoms with van der Waals surface area (Å²) in [5.41, 5.74) is 2.88. The molecule has 1 N–H and O–H groups in total. The minimum atomic E-state index is 0.521. The zero-order valence-corrected chi connectivity index (χ0v) is 12.8. The van der Waals surface area contributed by atoms with Gasteiger partial charge in [-0.05, 0) is 36.5 Å². The molecule has 0 saturated heterocycles. The van der Waals surface area contributed by atoms with Crippen molar-refractivity contribution in [2.45, 2.75) is 13.0 Å². The molecular weight excluding hydrogens is 313 g/mol. The highest BCUT2D eigenvalue weighted by molar-refractivity contribution is 7.71. The average molecular weight is 324 g/mol. The Balaban J connectivity index is 1.97. The Labute approximate surface area is 131 Å². The molecule has 0 spiro atoms. The first-order valence-electron chi connectivity index (χ1n) is 6.12. The van der Waals surface area contributed by atoms with Crippen LogP contribution in [0.5, 0.6) is 0 Å². The predicted molar refractivity (Wildman–Crippen MR) is 85.1 cm³/mol. The molecule has 3 aromatic rings. The van der Waals surface area contributed by atoms with Crippen molar-refractivity contribution in [1.82, 2.24) is 14.5 Å². The van der Waals surface area contributed by atoms with Gasteiger partial charge in [0.25, 0.3) is 0 Å². The van der Waals surface area contributed by atoms with Crippen molar-refractivity contribution in [1.29, 1.82) is 0 Å². The summed E-state index contributed by atoms with van der Waals surface area (Å²) in [6.45, 7) is 0.744. The number of nitrogens with zero attached hydrogens (tertiary/aromatic N) is 2. The molecule has 0 aliphatic heterocycles. The second-order valence-electron chi connectivity index (χ2n) is 4.44. The van der Waals surface area contributed by atoms with Crippen LogP contribution in [0.25, 0.3) is 11.0 Å². The molecule has 0 radical (unpaired) electrons. The Bertz CT molecular complexity index is 808. The second kappa shape index (κ2) is 5.56. The number of fused-ring (bicyclic) bond motifs is 1. The van der Waals surface area contributed by atoms with E-state index in [1.165, 1.54) is 0 Å². The third-order valence-corrected chi connectivity index (χ3v) is 4.18. The Hall–Kier alpha value is -1.36. The van der Waals surface area contributed by atoms with Crippen LogP contribution in [0.3, 0.4) is 0 Å². The molecule has 2 aromatic heterocycles. The molecule has 0 fully saturated rings. The molecule has 0 amide bonds. The van der Waals surface area contributed by atoms with Gasteiger partial charge in [0.1, 0.15) is 0 Å². The normalized spacial score (nSPS) is 11.1. The number of pyridine rings is 1. The van der Waals surface area contributed by atoms with E-state index >= 15 is 0 Å². The minimum Gasteiger partial charge on any atom is -0.331 e. The lowest BCUT2D eigenvalue weighted by atomic mass is 10.2. The zero-order chi connectivity index (χ0) is 14.1. The fourth-order valence-electron chi connectivity index (χ4n) is 2.15. The van der Waals surface area contributed by atoms with Gasteiger partial charge in [-0.15, -0.1) is 0 Å². The Morgan fingerprint density at radius 2 is 2.00 bits per heavy atom. The van der Waals surface area contributed by atoms with Gasteiger partial charge in [0.15, 0.2) is 4.77 Å². The number of aromatic nitrogens is 3. The second-order valence-corrected chi connectivity index (χ2v) is 5.64. The highest BCUT2D eigenvalue weighted by atomic mass is 35.5. The van der Waals surface area contributed by atoms with Crippen molar-refractivity contribution in [2.75, 3.05) is 0 Å². The Morgan fingerprint density at radius 1 is 1.20 bits per heavy atom. The SMILES string of the molecule is S=c1[nH]c2cc(Cl)c(Cl)cc2n1CCc1ccccn1. The summed E-state index contributed by atoms with van der Waals surface area (Å²) >= 11 is 17.5. The number of hydrogen-bond acceptors (Lipinski definition) is 2. The lowest BCUT2D eigenvalue weighted by molar-refractivity contribution is 0.695. The summed E-state index contributed by atoms with van der Waals surface area (Å²) in [4.78, 5) is 7.46. The summed E-state index contributed by atoms with van der Waals surface area (Å²) in [5.74, 6) is 0.